The molecule has 0 aromatic heterocycles. The maximum Gasteiger partial charge on any atom is 0.271 e. The number of amides is 1. The molecule has 12 heteroatoms. The third-order valence-corrected chi connectivity index (χ3v) is 4.38. The molecule has 3 N–H and O–H groups in total. The lowest BCUT2D eigenvalue weighted by molar-refractivity contribution is -0.385. The van der Waals surface area contributed by atoms with Crippen LogP contribution in [-0.2, 0) is 0 Å². The highest BCUT2D eigenvalue weighted by Crippen LogP contribution is 2.27. The first kappa shape index (κ1) is 23.5. The van der Waals surface area contributed by atoms with Crippen LogP contribution in [0.4, 0.5) is 27.1 Å². The van der Waals surface area contributed by atoms with Crippen LogP contribution in [0.25, 0.3) is 0 Å². The summed E-state index contributed by atoms with van der Waals surface area (Å²) in [5.41, 5.74) is 5.64. The Bertz CT molecular complexity index is 1140. The molecule has 9 nitrogen and oxygen atoms in total. The van der Waals surface area contributed by atoms with Crippen molar-refractivity contribution in [2.75, 3.05) is 11.1 Å². The molecule has 0 aliphatic heterocycles. The van der Waals surface area contributed by atoms with Gasteiger partial charge in [-0.05, 0) is 36.4 Å². The molecule has 0 aliphatic carbocycles. The number of nitro benzene ring substituents is 2. The molecule has 1 amide bonds. The second kappa shape index (κ2) is 10.3. The van der Waals surface area contributed by atoms with Gasteiger partial charge in [-0.3, -0.25) is 25.0 Å². The summed E-state index contributed by atoms with van der Waals surface area (Å²) in [7, 11) is 0. The predicted octanol–water partition coefficient (Wildman–Crippen LogP) is 5.47. The van der Waals surface area contributed by atoms with E-state index in [0.29, 0.717) is 5.02 Å². The van der Waals surface area contributed by atoms with Gasteiger partial charge in [-0.2, -0.15) is 0 Å². The number of nitrogens with two attached hydrogens (primary N) is 1. The van der Waals surface area contributed by atoms with Gasteiger partial charge in [0.2, 0.25) is 0 Å². The van der Waals surface area contributed by atoms with E-state index in [9.17, 15) is 29.4 Å². The summed E-state index contributed by atoms with van der Waals surface area (Å²) in [6, 6.07) is 12.5. The summed E-state index contributed by atoms with van der Waals surface area (Å²) in [6.07, 6.45) is 0. The lowest BCUT2D eigenvalue weighted by atomic mass is 10.2. The minimum absolute atomic E-state index is 0.0492. The first-order chi connectivity index (χ1) is 14.6. The highest BCUT2D eigenvalue weighted by atomic mass is 35.5. The fourth-order valence-corrected chi connectivity index (χ4v) is 2.45. The predicted molar refractivity (Wildman–Crippen MR) is 115 cm³/mol. The summed E-state index contributed by atoms with van der Waals surface area (Å²) in [5, 5.41) is 23.8. The highest BCUT2D eigenvalue weighted by molar-refractivity contribution is 6.34. The number of carbonyl (C=O) groups excluding carboxylic acids is 1. The van der Waals surface area contributed by atoms with Crippen molar-refractivity contribution in [1.29, 1.82) is 0 Å². The fraction of sp³-hybridized carbons (Fsp3) is 0. The van der Waals surface area contributed by atoms with E-state index < -0.39 is 21.6 Å². The Kier molecular flexibility index (Phi) is 7.83. The normalized spacial score (nSPS) is 9.90. The third-order valence-electron chi connectivity index (χ3n) is 3.71. The van der Waals surface area contributed by atoms with Crippen molar-refractivity contribution in [3.8, 4) is 0 Å². The number of non-ortho nitro benzene ring substituents is 2. The second-order valence-corrected chi connectivity index (χ2v) is 6.66. The van der Waals surface area contributed by atoms with Crippen molar-refractivity contribution in [3.63, 3.8) is 0 Å². The van der Waals surface area contributed by atoms with E-state index in [1.54, 1.807) is 0 Å². The number of nitrogens with zero attached hydrogens (tertiary/aromatic N) is 2. The first-order valence-corrected chi connectivity index (χ1v) is 9.04. The smallest absolute Gasteiger partial charge is 0.271 e. The molecule has 3 aromatic rings. The van der Waals surface area contributed by atoms with Crippen molar-refractivity contribution in [2.45, 2.75) is 0 Å². The van der Waals surface area contributed by atoms with Gasteiger partial charge < -0.3 is 11.1 Å². The largest absolute Gasteiger partial charge is 0.397 e. The Labute approximate surface area is 184 Å². The Hall–Kier alpha value is -3.76. The van der Waals surface area contributed by atoms with E-state index in [4.69, 9.17) is 28.9 Å². The topological polar surface area (TPSA) is 141 Å². The summed E-state index contributed by atoms with van der Waals surface area (Å²) < 4.78 is 12.8. The number of halogens is 3. The van der Waals surface area contributed by atoms with Crippen LogP contribution in [0, 0.1) is 26.0 Å². The van der Waals surface area contributed by atoms with E-state index >= 15 is 0 Å². The Balaban J connectivity index is 0.000000262. The molecule has 0 heterocycles. The Morgan fingerprint density at radius 2 is 1.39 bits per heavy atom. The number of nitrogens with one attached hydrogen (secondary N) is 1. The molecule has 31 heavy (non-hydrogen) atoms. The van der Waals surface area contributed by atoms with Gasteiger partial charge in [0.1, 0.15) is 5.82 Å². The van der Waals surface area contributed by atoms with Gasteiger partial charge in [-0.15, -0.1) is 0 Å². The molecule has 0 spiro atoms. The molecule has 0 bridgehead atoms. The zero-order valence-corrected chi connectivity index (χ0v) is 16.9. The number of benzene rings is 3. The minimum Gasteiger partial charge on any atom is -0.397 e. The number of nitro groups is 2. The number of carbonyl (C=O) groups is 1. The van der Waals surface area contributed by atoms with E-state index in [1.165, 1.54) is 42.5 Å². The number of hydrogen-bond donors (Lipinski definition) is 2. The van der Waals surface area contributed by atoms with Gasteiger partial charge in [0.05, 0.1) is 31.3 Å². The van der Waals surface area contributed by atoms with Crippen molar-refractivity contribution < 1.29 is 19.0 Å². The molecule has 0 atom stereocenters. The average molecular weight is 467 g/mol. The Morgan fingerprint density at radius 1 is 0.871 bits per heavy atom. The van der Waals surface area contributed by atoms with Gasteiger partial charge in [-0.1, -0.05) is 23.2 Å². The minimum atomic E-state index is -0.593. The lowest BCUT2D eigenvalue weighted by Gasteiger charge is -2.07. The molecular weight excluding hydrogens is 454 g/mol. The molecule has 0 unspecified atom stereocenters. The molecule has 3 rings (SSSR count). The molecule has 0 saturated carbocycles. The number of anilines is 2. The number of nitrogen functional groups attached to an aromatic ring is 1. The lowest BCUT2D eigenvalue weighted by Crippen LogP contribution is -2.12. The molecule has 0 aliphatic rings. The monoisotopic (exact) mass is 466 g/mol. The van der Waals surface area contributed by atoms with E-state index in [1.807, 2.05) is 0 Å². The summed E-state index contributed by atoms with van der Waals surface area (Å²) in [4.78, 5) is 31.6. The fourth-order valence-electron chi connectivity index (χ4n) is 2.16. The van der Waals surface area contributed by atoms with E-state index in [-0.39, 0.29) is 33.3 Å². The molecule has 160 valence electrons. The molecular formula is C19H13Cl2FN4O5. The molecule has 0 fully saturated rings. The van der Waals surface area contributed by atoms with Crippen molar-refractivity contribution in [1.82, 2.24) is 0 Å². The van der Waals surface area contributed by atoms with Crippen LogP contribution in [-0.4, -0.2) is 15.8 Å². The van der Waals surface area contributed by atoms with Gasteiger partial charge in [0, 0.05) is 29.8 Å². The van der Waals surface area contributed by atoms with Crippen LogP contribution in [0.3, 0.4) is 0 Å². The maximum atomic E-state index is 12.8. The van der Waals surface area contributed by atoms with Gasteiger partial charge in [0.15, 0.2) is 0 Å². The van der Waals surface area contributed by atoms with Crippen molar-refractivity contribution >= 4 is 51.9 Å². The number of hydrogen-bond acceptors (Lipinski definition) is 6. The van der Waals surface area contributed by atoms with Crippen LogP contribution < -0.4 is 11.1 Å². The van der Waals surface area contributed by atoms with E-state index in [0.717, 1.165) is 18.2 Å². The summed E-state index contributed by atoms with van der Waals surface area (Å²) in [6.45, 7) is 0. The van der Waals surface area contributed by atoms with Gasteiger partial charge in [0.25, 0.3) is 17.3 Å². The first-order valence-electron chi connectivity index (χ1n) is 8.28. The van der Waals surface area contributed by atoms with Crippen molar-refractivity contribution in [2.24, 2.45) is 0 Å². The third kappa shape index (κ3) is 6.63. The Morgan fingerprint density at radius 3 is 1.90 bits per heavy atom. The van der Waals surface area contributed by atoms with Crippen LogP contribution >= 0.6 is 23.2 Å². The van der Waals surface area contributed by atoms with Crippen LogP contribution in [0.5, 0.6) is 0 Å². The molecule has 0 radical (unpaired) electrons. The standard InChI is InChI=1S/C13H8ClFN2O3.C6H5ClN2O2/c14-11-6-5-10(17(19)20)7-12(11)16-13(18)8-1-3-9(15)4-2-8;7-5-2-1-4(9(10)11)3-6(5)8/h1-7H,(H,16,18);1-3H,8H2. The zero-order valence-electron chi connectivity index (χ0n) is 15.4. The quantitative estimate of drug-likeness (QED) is 0.296. The zero-order chi connectivity index (χ0) is 23.1. The molecule has 0 saturated heterocycles. The van der Waals surface area contributed by atoms with Crippen molar-refractivity contribution in [3.05, 3.63) is 102 Å². The second-order valence-electron chi connectivity index (χ2n) is 5.85. The summed E-state index contributed by atoms with van der Waals surface area (Å²) >= 11 is 11.4. The average Bonchev–Trinajstić information content (AvgIpc) is 2.72. The van der Waals surface area contributed by atoms with E-state index in [2.05, 4.69) is 5.32 Å². The SMILES string of the molecule is Nc1cc([N+](=O)[O-])ccc1Cl.O=C(Nc1cc([N+](=O)[O-])ccc1Cl)c1ccc(F)cc1. The maximum absolute atomic E-state index is 12.8. The van der Waals surface area contributed by atoms with Gasteiger partial charge in [-0.25, -0.2) is 4.39 Å². The van der Waals surface area contributed by atoms with Crippen LogP contribution in [0.2, 0.25) is 10.0 Å². The van der Waals surface area contributed by atoms with Crippen LogP contribution in [0.15, 0.2) is 60.7 Å². The molecule has 3 aromatic carbocycles. The highest BCUT2D eigenvalue weighted by Gasteiger charge is 2.13. The van der Waals surface area contributed by atoms with Gasteiger partial charge >= 0.3 is 0 Å². The van der Waals surface area contributed by atoms with Crippen LogP contribution in [0.1, 0.15) is 10.4 Å². The number of rotatable bonds is 4. The summed E-state index contributed by atoms with van der Waals surface area (Å²) in [5.74, 6) is -0.998.